The summed E-state index contributed by atoms with van der Waals surface area (Å²) in [5.74, 6) is 0. The molecule has 0 bridgehead atoms. The van der Waals surface area contributed by atoms with Crippen LogP contribution in [0.4, 0.5) is 5.69 Å². The highest BCUT2D eigenvalue weighted by Crippen LogP contribution is 2.43. The van der Waals surface area contributed by atoms with Crippen LogP contribution in [-0.4, -0.2) is 11.8 Å². The first-order valence-electron chi connectivity index (χ1n) is 6.04. The minimum absolute atomic E-state index is 0.359. The van der Waals surface area contributed by atoms with E-state index >= 15 is 0 Å². The minimum atomic E-state index is 0.359. The molecule has 1 aromatic carbocycles. The first-order chi connectivity index (χ1) is 7.52. The molecule has 1 nitrogen and oxygen atoms in total. The molecule has 0 aromatic heterocycles. The molecule has 0 radical (unpaired) electrons. The maximum Gasteiger partial charge on any atom is 0.0511 e. The van der Waals surface area contributed by atoms with Crippen LogP contribution in [0, 0.1) is 5.41 Å². The Morgan fingerprint density at radius 3 is 2.75 bits per heavy atom. The molecule has 1 N–H and O–H groups in total. The molecule has 2 rings (SSSR count). The summed E-state index contributed by atoms with van der Waals surface area (Å²) >= 11 is 2.03. The fourth-order valence-electron chi connectivity index (χ4n) is 2.04. The quantitative estimate of drug-likeness (QED) is 0.783. The number of rotatable bonds is 1. The van der Waals surface area contributed by atoms with E-state index in [-0.39, 0.29) is 0 Å². The van der Waals surface area contributed by atoms with E-state index in [4.69, 9.17) is 0 Å². The fourth-order valence-corrected chi connectivity index (χ4v) is 3.35. The predicted molar refractivity (Wildman–Crippen MR) is 73.4 cm³/mol. The molecule has 1 unspecified atom stereocenters. The largest absolute Gasteiger partial charge is 0.383 e. The number of thioether (sulfide) groups is 1. The fraction of sp³-hybridized carbons (Fsp3) is 0.571. The summed E-state index contributed by atoms with van der Waals surface area (Å²) in [7, 11) is 0. The van der Waals surface area contributed by atoms with Crippen molar-refractivity contribution < 1.29 is 0 Å². The zero-order chi connectivity index (χ0) is 11.8. The summed E-state index contributed by atoms with van der Waals surface area (Å²) in [6, 6.07) is 6.64. The number of benzene rings is 1. The van der Waals surface area contributed by atoms with Crippen molar-refractivity contribution >= 4 is 17.4 Å². The lowest BCUT2D eigenvalue weighted by Gasteiger charge is -2.35. The van der Waals surface area contributed by atoms with Crippen LogP contribution in [0.3, 0.4) is 0 Å². The summed E-state index contributed by atoms with van der Waals surface area (Å²) in [5, 5.41) is 4.28. The van der Waals surface area contributed by atoms with Crippen LogP contribution in [0.1, 0.15) is 33.3 Å². The Labute approximate surface area is 103 Å². The van der Waals surface area contributed by atoms with Crippen LogP contribution in [0.15, 0.2) is 23.1 Å². The average Bonchev–Trinajstić information content (AvgIpc) is 2.26. The van der Waals surface area contributed by atoms with Gasteiger partial charge in [0, 0.05) is 16.7 Å². The molecule has 2 heteroatoms. The van der Waals surface area contributed by atoms with Crippen molar-refractivity contribution in [2.75, 3.05) is 11.9 Å². The van der Waals surface area contributed by atoms with Crippen molar-refractivity contribution in [1.29, 1.82) is 0 Å². The number of aryl methyl sites for hydroxylation is 1. The van der Waals surface area contributed by atoms with Gasteiger partial charge in [0.15, 0.2) is 0 Å². The van der Waals surface area contributed by atoms with Crippen molar-refractivity contribution in [3.05, 3.63) is 23.8 Å². The van der Waals surface area contributed by atoms with E-state index in [1.807, 2.05) is 11.8 Å². The van der Waals surface area contributed by atoms with Crippen molar-refractivity contribution in [1.82, 2.24) is 0 Å². The monoisotopic (exact) mass is 235 g/mol. The molecule has 0 saturated heterocycles. The number of nitrogens with one attached hydrogen (secondary N) is 1. The first-order valence-corrected chi connectivity index (χ1v) is 6.92. The smallest absolute Gasteiger partial charge is 0.0511 e. The van der Waals surface area contributed by atoms with E-state index in [0.717, 1.165) is 13.0 Å². The number of hydrogen-bond acceptors (Lipinski definition) is 2. The van der Waals surface area contributed by atoms with E-state index in [0.29, 0.717) is 10.7 Å². The van der Waals surface area contributed by atoms with Crippen LogP contribution in [-0.2, 0) is 6.42 Å². The normalized spacial score (nSPS) is 20.1. The zero-order valence-corrected chi connectivity index (χ0v) is 11.4. The molecule has 1 aliphatic rings. The molecule has 0 amide bonds. The Morgan fingerprint density at radius 1 is 1.38 bits per heavy atom. The van der Waals surface area contributed by atoms with E-state index in [1.54, 1.807) is 0 Å². The van der Waals surface area contributed by atoms with E-state index in [1.165, 1.54) is 16.1 Å². The molecule has 1 atom stereocenters. The van der Waals surface area contributed by atoms with Crippen LogP contribution >= 0.6 is 11.8 Å². The lowest BCUT2D eigenvalue weighted by molar-refractivity contribution is 0.401. The molecule has 0 saturated carbocycles. The van der Waals surface area contributed by atoms with Gasteiger partial charge in [-0.05, 0) is 23.5 Å². The van der Waals surface area contributed by atoms with E-state index in [2.05, 4.69) is 51.2 Å². The molecule has 1 aliphatic heterocycles. The molecule has 1 aromatic rings. The molecular formula is C14H21NS. The molecular weight excluding hydrogens is 214 g/mol. The highest BCUT2D eigenvalue weighted by Gasteiger charge is 2.29. The molecule has 0 spiro atoms. The van der Waals surface area contributed by atoms with E-state index in [9.17, 15) is 0 Å². The average molecular weight is 235 g/mol. The van der Waals surface area contributed by atoms with Gasteiger partial charge in [-0.2, -0.15) is 0 Å². The highest BCUT2D eigenvalue weighted by atomic mass is 32.2. The Balaban J connectivity index is 2.28. The Kier molecular flexibility index (Phi) is 3.20. The molecule has 88 valence electrons. The third-order valence-electron chi connectivity index (χ3n) is 3.19. The Morgan fingerprint density at radius 2 is 2.12 bits per heavy atom. The third kappa shape index (κ3) is 2.22. The zero-order valence-electron chi connectivity index (χ0n) is 10.6. The van der Waals surface area contributed by atoms with Gasteiger partial charge in [0.25, 0.3) is 0 Å². The second-order valence-electron chi connectivity index (χ2n) is 5.50. The topological polar surface area (TPSA) is 12.0 Å². The van der Waals surface area contributed by atoms with Crippen LogP contribution in [0.2, 0.25) is 0 Å². The van der Waals surface area contributed by atoms with Gasteiger partial charge in [-0.15, -0.1) is 11.8 Å². The standard InChI is InChI=1S/C14H21NS/c1-5-10-7-6-8-11-13(10)15-9-12(16-11)14(2,3)4/h6-8,12,15H,5,9H2,1-4H3. The van der Waals surface area contributed by atoms with Gasteiger partial charge in [0.2, 0.25) is 0 Å². The van der Waals surface area contributed by atoms with Crippen molar-refractivity contribution in [3.8, 4) is 0 Å². The number of para-hydroxylation sites is 1. The summed E-state index contributed by atoms with van der Waals surface area (Å²) in [6.45, 7) is 10.3. The lowest BCUT2D eigenvalue weighted by atomic mass is 9.91. The first kappa shape index (κ1) is 11.8. The maximum atomic E-state index is 3.62. The molecule has 0 fully saturated rings. The van der Waals surface area contributed by atoms with Crippen molar-refractivity contribution in [2.24, 2.45) is 5.41 Å². The third-order valence-corrected chi connectivity index (χ3v) is 4.95. The van der Waals surface area contributed by atoms with Gasteiger partial charge in [-0.3, -0.25) is 0 Å². The van der Waals surface area contributed by atoms with Gasteiger partial charge in [-0.1, -0.05) is 39.8 Å². The van der Waals surface area contributed by atoms with Crippen LogP contribution in [0.25, 0.3) is 0 Å². The summed E-state index contributed by atoms with van der Waals surface area (Å²) in [4.78, 5) is 1.42. The van der Waals surface area contributed by atoms with Gasteiger partial charge in [0.05, 0.1) is 5.69 Å². The number of fused-ring (bicyclic) bond motifs is 1. The summed E-state index contributed by atoms with van der Waals surface area (Å²) in [5.41, 5.74) is 3.17. The number of anilines is 1. The van der Waals surface area contributed by atoms with Crippen molar-refractivity contribution in [2.45, 2.75) is 44.3 Å². The lowest BCUT2D eigenvalue weighted by Crippen LogP contribution is -2.33. The number of hydrogen-bond donors (Lipinski definition) is 1. The highest BCUT2D eigenvalue weighted by molar-refractivity contribution is 8.00. The second-order valence-corrected chi connectivity index (χ2v) is 6.74. The predicted octanol–water partition coefficient (Wildman–Crippen LogP) is 4.18. The summed E-state index contributed by atoms with van der Waals surface area (Å²) < 4.78 is 0. The molecule has 16 heavy (non-hydrogen) atoms. The van der Waals surface area contributed by atoms with E-state index < -0.39 is 0 Å². The van der Waals surface area contributed by atoms with Gasteiger partial charge < -0.3 is 5.32 Å². The minimum Gasteiger partial charge on any atom is -0.383 e. The second kappa shape index (κ2) is 4.33. The van der Waals surface area contributed by atoms with Gasteiger partial charge >= 0.3 is 0 Å². The maximum absolute atomic E-state index is 3.62. The van der Waals surface area contributed by atoms with Crippen LogP contribution in [0.5, 0.6) is 0 Å². The van der Waals surface area contributed by atoms with Gasteiger partial charge in [0.1, 0.15) is 0 Å². The summed E-state index contributed by atoms with van der Waals surface area (Å²) in [6.07, 6.45) is 1.11. The van der Waals surface area contributed by atoms with Crippen molar-refractivity contribution in [3.63, 3.8) is 0 Å². The molecule has 0 aliphatic carbocycles. The molecule has 1 heterocycles. The Bertz CT molecular complexity index is 379. The van der Waals surface area contributed by atoms with Gasteiger partial charge in [-0.25, -0.2) is 0 Å². The van der Waals surface area contributed by atoms with Crippen LogP contribution < -0.4 is 5.32 Å². The Hall–Kier alpha value is -0.630. The SMILES string of the molecule is CCc1cccc2c1NCC(C(C)(C)C)S2.